The van der Waals surface area contributed by atoms with Crippen LogP contribution in [0.2, 0.25) is 5.02 Å². The standard InChI is InChI=1S/C33H29ClN2O6/c1-20(41-18-21-9-3-2-4-10-21)30(31(37)35-24-16-22(32(38)39)15-23(34)17-24)36-33(40)42-19-29-27-13-7-5-11-25(27)26-12-6-8-14-28(26)29/h2-17,20,29-30H,18-19H2,1H3,(H,35,37)(H,36,40)(H,38,39). The number of benzene rings is 4. The minimum Gasteiger partial charge on any atom is -0.478 e. The quantitative estimate of drug-likeness (QED) is 0.196. The van der Waals surface area contributed by atoms with Crippen LogP contribution >= 0.6 is 11.6 Å². The molecule has 0 radical (unpaired) electrons. The van der Waals surface area contributed by atoms with E-state index in [1.54, 1.807) is 6.92 Å². The van der Waals surface area contributed by atoms with Gasteiger partial charge in [-0.05, 0) is 52.9 Å². The third-order valence-corrected chi connectivity index (χ3v) is 7.36. The molecule has 3 N–H and O–H groups in total. The number of carbonyl (C=O) groups excluding carboxylic acids is 2. The summed E-state index contributed by atoms with van der Waals surface area (Å²) in [4.78, 5) is 38.0. The highest BCUT2D eigenvalue weighted by Gasteiger charge is 2.32. The van der Waals surface area contributed by atoms with Crippen molar-refractivity contribution in [1.29, 1.82) is 0 Å². The number of hydrogen-bond donors (Lipinski definition) is 3. The van der Waals surface area contributed by atoms with Gasteiger partial charge in [-0.3, -0.25) is 4.79 Å². The van der Waals surface area contributed by atoms with E-state index in [0.29, 0.717) is 0 Å². The van der Waals surface area contributed by atoms with E-state index in [4.69, 9.17) is 21.1 Å². The second-order valence-corrected chi connectivity index (χ2v) is 10.4. The Morgan fingerprint density at radius 2 is 1.50 bits per heavy atom. The number of fused-ring (bicyclic) bond motifs is 3. The average molecular weight is 585 g/mol. The predicted molar refractivity (Wildman–Crippen MR) is 160 cm³/mol. The Morgan fingerprint density at radius 3 is 2.14 bits per heavy atom. The number of carboxylic acid groups (broad SMARTS) is 1. The van der Waals surface area contributed by atoms with Gasteiger partial charge in [0.15, 0.2) is 0 Å². The van der Waals surface area contributed by atoms with Crippen LogP contribution in [-0.2, 0) is 20.9 Å². The van der Waals surface area contributed by atoms with Gasteiger partial charge in [-0.1, -0.05) is 90.5 Å². The molecule has 0 heterocycles. The van der Waals surface area contributed by atoms with Crippen molar-refractivity contribution in [1.82, 2.24) is 5.32 Å². The van der Waals surface area contributed by atoms with Crippen molar-refractivity contribution in [3.63, 3.8) is 0 Å². The lowest BCUT2D eigenvalue weighted by Gasteiger charge is -2.25. The molecule has 214 valence electrons. The van der Waals surface area contributed by atoms with E-state index in [2.05, 4.69) is 10.6 Å². The van der Waals surface area contributed by atoms with Crippen molar-refractivity contribution in [2.75, 3.05) is 11.9 Å². The summed E-state index contributed by atoms with van der Waals surface area (Å²) in [5, 5.41) is 14.8. The number of aromatic carboxylic acids is 1. The van der Waals surface area contributed by atoms with Crippen LogP contribution in [0.4, 0.5) is 10.5 Å². The molecule has 0 spiro atoms. The fourth-order valence-corrected chi connectivity index (χ4v) is 5.30. The van der Waals surface area contributed by atoms with Gasteiger partial charge in [-0.25, -0.2) is 9.59 Å². The number of alkyl carbamates (subject to hydrolysis) is 1. The SMILES string of the molecule is CC(OCc1ccccc1)C(NC(=O)OCC1c2ccccc2-c2ccccc21)C(=O)Nc1cc(Cl)cc(C(=O)O)c1. The Labute approximate surface area is 248 Å². The normalized spacial score (nSPS) is 13.4. The lowest BCUT2D eigenvalue weighted by molar-refractivity contribution is -0.121. The van der Waals surface area contributed by atoms with Crippen LogP contribution in [0.1, 0.15) is 39.9 Å². The van der Waals surface area contributed by atoms with Gasteiger partial charge in [0.05, 0.1) is 18.3 Å². The van der Waals surface area contributed by atoms with Crippen LogP contribution in [0.5, 0.6) is 0 Å². The molecule has 2 amide bonds. The minimum atomic E-state index is -1.19. The van der Waals surface area contributed by atoms with Crippen LogP contribution in [0.25, 0.3) is 11.1 Å². The number of nitrogens with one attached hydrogen (secondary N) is 2. The lowest BCUT2D eigenvalue weighted by atomic mass is 9.98. The smallest absolute Gasteiger partial charge is 0.407 e. The van der Waals surface area contributed by atoms with Gasteiger partial charge in [-0.15, -0.1) is 0 Å². The molecule has 0 aliphatic heterocycles. The number of amides is 2. The third-order valence-electron chi connectivity index (χ3n) is 7.14. The molecule has 4 aromatic rings. The molecular formula is C33H29ClN2O6. The first-order chi connectivity index (χ1) is 20.3. The van der Waals surface area contributed by atoms with Crippen LogP contribution < -0.4 is 10.6 Å². The molecule has 4 aromatic carbocycles. The summed E-state index contributed by atoms with van der Waals surface area (Å²) in [5.74, 6) is -1.97. The van der Waals surface area contributed by atoms with Gasteiger partial charge in [0.1, 0.15) is 12.6 Å². The molecule has 0 aromatic heterocycles. The molecular weight excluding hydrogens is 556 g/mol. The Bertz CT molecular complexity index is 1560. The molecule has 0 fully saturated rings. The predicted octanol–water partition coefficient (Wildman–Crippen LogP) is 6.49. The monoisotopic (exact) mass is 584 g/mol. The number of anilines is 1. The average Bonchev–Trinajstić information content (AvgIpc) is 3.31. The lowest BCUT2D eigenvalue weighted by Crippen LogP contribution is -2.51. The van der Waals surface area contributed by atoms with E-state index in [1.165, 1.54) is 18.2 Å². The molecule has 5 rings (SSSR count). The number of rotatable bonds is 10. The van der Waals surface area contributed by atoms with Crippen molar-refractivity contribution in [3.8, 4) is 11.1 Å². The second-order valence-electron chi connectivity index (χ2n) is 9.97. The van der Waals surface area contributed by atoms with Crippen molar-refractivity contribution in [3.05, 3.63) is 124 Å². The van der Waals surface area contributed by atoms with Gasteiger partial charge >= 0.3 is 12.1 Å². The topological polar surface area (TPSA) is 114 Å². The maximum Gasteiger partial charge on any atom is 0.407 e. The molecule has 42 heavy (non-hydrogen) atoms. The highest BCUT2D eigenvalue weighted by atomic mass is 35.5. The molecule has 8 nitrogen and oxygen atoms in total. The van der Waals surface area contributed by atoms with Gasteiger partial charge < -0.3 is 25.2 Å². The van der Waals surface area contributed by atoms with E-state index in [0.717, 1.165) is 27.8 Å². The van der Waals surface area contributed by atoms with Crippen molar-refractivity contribution in [2.45, 2.75) is 31.6 Å². The molecule has 1 aliphatic carbocycles. The van der Waals surface area contributed by atoms with E-state index in [9.17, 15) is 19.5 Å². The van der Waals surface area contributed by atoms with E-state index < -0.39 is 30.1 Å². The first-order valence-corrected chi connectivity index (χ1v) is 13.8. The fraction of sp³-hybridized carbons (Fsp3) is 0.182. The second kappa shape index (κ2) is 12.9. The number of hydrogen-bond acceptors (Lipinski definition) is 5. The largest absolute Gasteiger partial charge is 0.478 e. The van der Waals surface area contributed by atoms with Crippen molar-refractivity contribution in [2.24, 2.45) is 0 Å². The highest BCUT2D eigenvalue weighted by Crippen LogP contribution is 2.44. The summed E-state index contributed by atoms with van der Waals surface area (Å²) < 4.78 is 11.6. The summed E-state index contributed by atoms with van der Waals surface area (Å²) >= 11 is 6.07. The molecule has 9 heteroatoms. The minimum absolute atomic E-state index is 0.0731. The Morgan fingerprint density at radius 1 is 0.881 bits per heavy atom. The first kappa shape index (κ1) is 28.9. The molecule has 0 bridgehead atoms. The summed E-state index contributed by atoms with van der Waals surface area (Å²) in [7, 11) is 0. The Hall–Kier alpha value is -4.66. The van der Waals surface area contributed by atoms with Crippen LogP contribution in [0.3, 0.4) is 0 Å². The maximum atomic E-state index is 13.4. The zero-order chi connectivity index (χ0) is 29.6. The third kappa shape index (κ3) is 6.62. The van der Waals surface area contributed by atoms with E-state index >= 15 is 0 Å². The Kier molecular flexibility index (Phi) is 8.85. The van der Waals surface area contributed by atoms with Gasteiger partial charge in [0.2, 0.25) is 5.91 Å². The van der Waals surface area contributed by atoms with Crippen LogP contribution in [0, 0.1) is 0 Å². The van der Waals surface area contributed by atoms with Crippen molar-refractivity contribution < 1.29 is 29.0 Å². The molecule has 2 atom stereocenters. The van der Waals surface area contributed by atoms with E-state index in [1.807, 2.05) is 78.9 Å². The van der Waals surface area contributed by atoms with Gasteiger partial charge in [0.25, 0.3) is 0 Å². The van der Waals surface area contributed by atoms with Crippen molar-refractivity contribution >= 4 is 35.3 Å². The molecule has 2 unspecified atom stereocenters. The summed E-state index contributed by atoms with van der Waals surface area (Å²) in [6.07, 6.45) is -1.56. The summed E-state index contributed by atoms with van der Waals surface area (Å²) in [6.45, 7) is 1.94. The maximum absolute atomic E-state index is 13.4. The van der Waals surface area contributed by atoms with Gasteiger partial charge in [0, 0.05) is 16.6 Å². The van der Waals surface area contributed by atoms with Crippen LogP contribution in [0.15, 0.2) is 97.1 Å². The molecule has 1 aliphatic rings. The zero-order valence-corrected chi connectivity index (χ0v) is 23.5. The number of ether oxygens (including phenoxy) is 2. The highest BCUT2D eigenvalue weighted by molar-refractivity contribution is 6.31. The van der Waals surface area contributed by atoms with E-state index in [-0.39, 0.29) is 35.4 Å². The molecule has 0 saturated heterocycles. The molecule has 0 saturated carbocycles. The first-order valence-electron chi connectivity index (χ1n) is 13.4. The number of carbonyl (C=O) groups is 3. The Balaban J connectivity index is 1.31. The zero-order valence-electron chi connectivity index (χ0n) is 22.8. The number of halogens is 1. The van der Waals surface area contributed by atoms with Gasteiger partial charge in [-0.2, -0.15) is 0 Å². The number of carboxylic acids is 1. The summed E-state index contributed by atoms with van der Waals surface area (Å²) in [6, 6.07) is 28.2. The summed E-state index contributed by atoms with van der Waals surface area (Å²) in [5.41, 5.74) is 5.30. The fourth-order valence-electron chi connectivity index (χ4n) is 5.07. The van der Waals surface area contributed by atoms with Crippen LogP contribution in [-0.4, -0.2) is 41.8 Å².